The van der Waals surface area contributed by atoms with Crippen molar-refractivity contribution in [3.05, 3.63) is 119 Å². The lowest BCUT2D eigenvalue weighted by molar-refractivity contribution is -0.247. The number of amides is 2. The molecule has 11 rings (SSSR count). The van der Waals surface area contributed by atoms with Gasteiger partial charge in [-0.15, -0.1) is 0 Å². The lowest BCUT2D eigenvalue weighted by Gasteiger charge is -2.69. The zero-order valence-electron chi connectivity index (χ0n) is 48.3. The van der Waals surface area contributed by atoms with Gasteiger partial charge in [-0.2, -0.15) is 13.5 Å². The van der Waals surface area contributed by atoms with E-state index in [0.29, 0.717) is 74.4 Å². The first-order valence-electron chi connectivity index (χ1n) is 28.8. The predicted molar refractivity (Wildman–Crippen MR) is 323 cm³/mol. The summed E-state index contributed by atoms with van der Waals surface area (Å²) in [4.78, 5) is 51.2. The molecular formula is C61H79N11O9S2. The predicted octanol–water partition coefficient (Wildman–Crippen LogP) is 8.66. The van der Waals surface area contributed by atoms with Gasteiger partial charge < -0.3 is 46.5 Å². The molecule has 0 saturated heterocycles. The lowest BCUT2D eigenvalue weighted by Crippen LogP contribution is -2.64. The highest BCUT2D eigenvalue weighted by molar-refractivity contribution is 7.85. The SMILES string of the molecule is Cc1c(-c2ccc(N3CCc4cccc(C(=O)Nc5nc6ccccc6s5)c4C3)nc2C(=O)O)cnn1CC12CC3(C)CC(C)(C1)CC(OCCNC(=O)OCc1ccc(NC[C@H](C)NC[C@@H](NC[C@@H](N)CS(=O)(=O)O)C(C)C)cc1)(C3)C2. The summed E-state index contributed by atoms with van der Waals surface area (Å²) in [5.74, 6) is -1.08. The summed E-state index contributed by atoms with van der Waals surface area (Å²) in [6.45, 7) is 17.0. The van der Waals surface area contributed by atoms with Gasteiger partial charge in [0.15, 0.2) is 10.8 Å². The molecular weight excluding hydrogens is 1090 g/mol. The Bertz CT molecular complexity index is 3410. The molecule has 4 bridgehead atoms. The number of anilines is 3. The van der Waals surface area contributed by atoms with Crippen LogP contribution in [0.1, 0.15) is 116 Å². The van der Waals surface area contributed by atoms with Gasteiger partial charge in [0.05, 0.1) is 34.4 Å². The van der Waals surface area contributed by atoms with E-state index in [9.17, 15) is 27.9 Å². The molecule has 1 aliphatic heterocycles. The largest absolute Gasteiger partial charge is 0.476 e. The van der Waals surface area contributed by atoms with Crippen molar-refractivity contribution in [3.8, 4) is 11.1 Å². The van der Waals surface area contributed by atoms with Crippen LogP contribution in [0.5, 0.6) is 0 Å². The van der Waals surface area contributed by atoms with Gasteiger partial charge in [0.25, 0.3) is 16.0 Å². The number of hydrogen-bond donors (Lipinski definition) is 8. The highest BCUT2D eigenvalue weighted by atomic mass is 32.2. The van der Waals surface area contributed by atoms with Crippen LogP contribution < -0.4 is 37.2 Å². The standard InChI is InChI=1S/C61H79N11O9S2/c1-38(2)50(66-25-43(62)30-83(77,78)79)27-64-39(3)24-65-44-16-14-41(15-17-44)29-80-57(76)63-21-23-81-61-34-58(5)31-59(6,35-61)33-60(32-58,36-61)37-72-40(4)47(26-67-72)45-18-19-52(69-53(45)55(74)75)71-22-20-42-10-9-11-46(48(42)28-71)54(73)70-56-68-49-12-7-8-13-51(49)82-56/h7-19,26,38-39,43,50,64-66H,20-25,27-37,62H2,1-6H3,(H,63,76)(H,74,75)(H,68,70,73)(H,77,78,79)/t39-,43+,50+,58?,59?,60?,61?/m0/s1. The Kier molecular flexibility index (Phi) is 17.4. The average Bonchev–Trinajstić information content (AvgIpc) is 2.28. The highest BCUT2D eigenvalue weighted by Crippen LogP contribution is 2.72. The van der Waals surface area contributed by atoms with Crippen LogP contribution in [-0.2, 0) is 45.7 Å². The molecule has 2 amide bonds. The Morgan fingerprint density at radius 3 is 2.35 bits per heavy atom. The van der Waals surface area contributed by atoms with E-state index in [4.69, 9.17) is 29.8 Å². The maximum absolute atomic E-state index is 13.7. The number of pyridine rings is 1. The van der Waals surface area contributed by atoms with Crippen LogP contribution in [0.15, 0.2) is 85.1 Å². The summed E-state index contributed by atoms with van der Waals surface area (Å²) in [6, 6.07) is 24.4. The molecule has 5 atom stereocenters. The van der Waals surface area contributed by atoms with Crippen LogP contribution in [0.3, 0.4) is 0 Å². The smallest absolute Gasteiger partial charge is 0.407 e. The fraction of sp³-hybridized carbons (Fsp3) is 0.508. The lowest BCUT2D eigenvalue weighted by atomic mass is 9.39. The molecule has 20 nitrogen and oxygen atoms in total. The van der Waals surface area contributed by atoms with E-state index in [1.807, 2.05) is 90.7 Å². The number of nitrogens with two attached hydrogens (primary N) is 1. The minimum Gasteiger partial charge on any atom is -0.476 e. The number of aromatic nitrogens is 4. The summed E-state index contributed by atoms with van der Waals surface area (Å²) < 4.78 is 47.0. The van der Waals surface area contributed by atoms with E-state index in [0.717, 1.165) is 82.4 Å². The number of fused-ring (bicyclic) bond motifs is 2. The number of benzene rings is 3. The van der Waals surface area contributed by atoms with Crippen molar-refractivity contribution in [1.82, 2.24) is 35.7 Å². The molecule has 2 unspecified atom stereocenters. The molecule has 0 spiro atoms. The van der Waals surface area contributed by atoms with Gasteiger partial charge in [-0.05, 0) is 140 Å². The molecule has 4 heterocycles. The molecule has 0 radical (unpaired) electrons. The van der Waals surface area contributed by atoms with E-state index in [2.05, 4.69) is 70.9 Å². The highest BCUT2D eigenvalue weighted by Gasteiger charge is 2.66. The molecule has 3 aromatic heterocycles. The van der Waals surface area contributed by atoms with E-state index in [1.165, 1.54) is 11.3 Å². The second-order valence-corrected chi connectivity index (χ2v) is 27.6. The number of carbonyl (C=O) groups excluding carboxylic acids is 2. The third-order valence-corrected chi connectivity index (χ3v) is 19.0. The molecule has 4 fully saturated rings. The van der Waals surface area contributed by atoms with Crippen molar-refractivity contribution in [1.29, 1.82) is 0 Å². The fourth-order valence-electron chi connectivity index (χ4n) is 14.6. The molecule has 9 N–H and O–H groups in total. The van der Waals surface area contributed by atoms with Crippen molar-refractivity contribution in [2.24, 2.45) is 27.9 Å². The first-order valence-corrected chi connectivity index (χ1v) is 31.2. The number of thiazole rings is 1. The Morgan fingerprint density at radius 2 is 1.63 bits per heavy atom. The van der Waals surface area contributed by atoms with E-state index in [-0.39, 0.29) is 64.6 Å². The van der Waals surface area contributed by atoms with Crippen LogP contribution in [0, 0.1) is 29.1 Å². The summed E-state index contributed by atoms with van der Waals surface area (Å²) >= 11 is 1.43. The van der Waals surface area contributed by atoms with Crippen molar-refractivity contribution < 1.29 is 41.9 Å². The quantitative estimate of drug-likeness (QED) is 0.0197. The van der Waals surface area contributed by atoms with Gasteiger partial charge in [-0.25, -0.2) is 19.6 Å². The number of ether oxygens (including phenoxy) is 2. The number of nitrogens with zero attached hydrogens (tertiary/aromatic N) is 5. The normalized spacial score (nSPS) is 23.0. The monoisotopic (exact) mass is 1170 g/mol. The Balaban J connectivity index is 0.710. The Morgan fingerprint density at radius 1 is 0.867 bits per heavy atom. The summed E-state index contributed by atoms with van der Waals surface area (Å²) in [6.07, 6.45) is 7.87. The number of para-hydroxylation sites is 1. The number of nitrogens with one attached hydrogen (secondary N) is 5. The van der Waals surface area contributed by atoms with Crippen molar-refractivity contribution in [3.63, 3.8) is 0 Å². The summed E-state index contributed by atoms with van der Waals surface area (Å²) in [5.41, 5.74) is 12.7. The maximum atomic E-state index is 13.7. The van der Waals surface area contributed by atoms with Crippen molar-refractivity contribution >= 4 is 66.3 Å². The average molecular weight is 1170 g/mol. The molecule has 5 aliphatic rings. The molecule has 4 aliphatic carbocycles. The van der Waals surface area contributed by atoms with Crippen LogP contribution in [0.4, 0.5) is 21.4 Å². The molecule has 6 aromatic rings. The van der Waals surface area contributed by atoms with E-state index >= 15 is 0 Å². The van der Waals surface area contributed by atoms with Crippen molar-refractivity contribution in [2.45, 2.75) is 130 Å². The number of carboxylic acid groups (broad SMARTS) is 1. The number of aromatic carboxylic acids is 1. The van der Waals surface area contributed by atoms with Gasteiger partial charge in [-0.1, -0.05) is 75.4 Å². The number of rotatable bonds is 25. The fourth-order valence-corrected chi connectivity index (χ4v) is 16.1. The second kappa shape index (κ2) is 24.2. The van der Waals surface area contributed by atoms with Crippen LogP contribution >= 0.6 is 11.3 Å². The van der Waals surface area contributed by atoms with E-state index in [1.54, 1.807) is 6.20 Å². The molecule has 83 heavy (non-hydrogen) atoms. The summed E-state index contributed by atoms with van der Waals surface area (Å²) in [5, 5.41) is 32.3. The zero-order chi connectivity index (χ0) is 58.9. The third-order valence-electron chi connectivity index (χ3n) is 17.2. The van der Waals surface area contributed by atoms with Crippen molar-refractivity contribution in [2.75, 3.05) is 60.6 Å². The Labute approximate surface area is 489 Å². The topological polar surface area (TPSA) is 277 Å². The molecule has 444 valence electrons. The minimum atomic E-state index is -4.14. The number of carbonyl (C=O) groups is 3. The maximum Gasteiger partial charge on any atom is 0.407 e. The molecule has 3 aromatic carbocycles. The van der Waals surface area contributed by atoms with Gasteiger partial charge in [-0.3, -0.25) is 19.3 Å². The molecule has 22 heteroatoms. The minimum absolute atomic E-state index is 0.0531. The van der Waals surface area contributed by atoms with Crippen LogP contribution in [0.2, 0.25) is 0 Å². The third kappa shape index (κ3) is 14.2. The van der Waals surface area contributed by atoms with Crippen LogP contribution in [-0.4, -0.2) is 125 Å². The van der Waals surface area contributed by atoms with Gasteiger partial charge >= 0.3 is 12.1 Å². The van der Waals surface area contributed by atoms with Crippen LogP contribution in [0.25, 0.3) is 21.3 Å². The number of hydrogen-bond acceptors (Lipinski definition) is 16. The van der Waals surface area contributed by atoms with Gasteiger partial charge in [0, 0.05) is 92.0 Å². The zero-order valence-corrected chi connectivity index (χ0v) is 49.9. The second-order valence-electron chi connectivity index (χ2n) is 25.1. The van der Waals surface area contributed by atoms with Gasteiger partial charge in [0.1, 0.15) is 12.4 Å². The molecule has 4 saturated carbocycles. The number of carboxylic acids is 1. The first-order chi connectivity index (χ1) is 39.5. The van der Waals surface area contributed by atoms with Gasteiger partial charge in [0.2, 0.25) is 0 Å². The Hall–Kier alpha value is -6.53. The first kappa shape index (κ1) is 59.6. The van der Waals surface area contributed by atoms with E-state index < -0.39 is 34.0 Å². The summed E-state index contributed by atoms with van der Waals surface area (Å²) in [7, 11) is -4.14. The number of alkyl carbamates (subject to hydrolysis) is 1.